The highest BCUT2D eigenvalue weighted by Crippen LogP contribution is 2.27. The molecule has 2 aromatic rings. The van der Waals surface area contributed by atoms with E-state index in [1.54, 1.807) is 35.5 Å². The number of morpholine rings is 1. The van der Waals surface area contributed by atoms with Crippen LogP contribution in [0.2, 0.25) is 0 Å². The molecule has 1 aromatic heterocycles. The molecule has 2 aliphatic rings. The normalized spacial score (nSPS) is 23.2. The molecule has 0 saturated carbocycles. The van der Waals surface area contributed by atoms with E-state index >= 15 is 0 Å². The number of nitrogens with zero attached hydrogens (tertiary/aromatic N) is 4. The van der Waals surface area contributed by atoms with Crippen molar-refractivity contribution in [1.82, 2.24) is 14.9 Å². The van der Waals surface area contributed by atoms with Gasteiger partial charge in [0.2, 0.25) is 5.95 Å². The fourth-order valence-corrected chi connectivity index (χ4v) is 3.33. The van der Waals surface area contributed by atoms with E-state index in [9.17, 15) is 9.90 Å². The summed E-state index contributed by atoms with van der Waals surface area (Å²) in [5.41, 5.74) is 0.564. The molecule has 24 heavy (non-hydrogen) atoms. The lowest BCUT2D eigenvalue weighted by Gasteiger charge is -2.36. The molecule has 3 heterocycles. The van der Waals surface area contributed by atoms with Crippen molar-refractivity contribution in [2.75, 3.05) is 31.1 Å². The molecule has 7 nitrogen and oxygen atoms in total. The number of carbonyl (C=O) groups excluding carboxylic acids is 1. The number of aromatic hydroxyl groups is 1. The molecule has 0 bridgehead atoms. The number of hydrogen-bond acceptors (Lipinski definition) is 6. The van der Waals surface area contributed by atoms with E-state index in [1.807, 2.05) is 0 Å². The molecule has 1 N–H and O–H groups in total. The van der Waals surface area contributed by atoms with Crippen molar-refractivity contribution >= 4 is 11.9 Å². The molecule has 124 valence electrons. The molecule has 2 saturated heterocycles. The van der Waals surface area contributed by atoms with Crippen LogP contribution >= 0.6 is 0 Å². The maximum absolute atomic E-state index is 12.7. The number of hydrogen-bond donors (Lipinski definition) is 1. The lowest BCUT2D eigenvalue weighted by atomic mass is 10.1. The van der Waals surface area contributed by atoms with Crippen molar-refractivity contribution in [1.29, 1.82) is 0 Å². The summed E-state index contributed by atoms with van der Waals surface area (Å²) in [5.74, 6) is 0.772. The number of likely N-dealkylation sites (tertiary alicyclic amines) is 1. The zero-order valence-corrected chi connectivity index (χ0v) is 13.1. The Kier molecular flexibility index (Phi) is 3.78. The molecule has 1 amide bonds. The van der Waals surface area contributed by atoms with Crippen LogP contribution in [0.25, 0.3) is 0 Å². The van der Waals surface area contributed by atoms with Gasteiger partial charge in [-0.2, -0.15) is 0 Å². The van der Waals surface area contributed by atoms with Gasteiger partial charge in [0.1, 0.15) is 5.75 Å². The number of anilines is 1. The third-order valence-electron chi connectivity index (χ3n) is 4.51. The van der Waals surface area contributed by atoms with Gasteiger partial charge in [-0.15, -0.1) is 0 Å². The summed E-state index contributed by atoms with van der Waals surface area (Å²) in [5, 5.41) is 9.37. The largest absolute Gasteiger partial charge is 0.508 e. The van der Waals surface area contributed by atoms with Gasteiger partial charge in [0.25, 0.3) is 5.91 Å². The number of benzene rings is 1. The van der Waals surface area contributed by atoms with Crippen molar-refractivity contribution in [3.8, 4) is 5.75 Å². The maximum Gasteiger partial charge on any atom is 0.254 e. The van der Waals surface area contributed by atoms with Crippen LogP contribution in [0.5, 0.6) is 5.75 Å². The second-order valence-electron chi connectivity index (χ2n) is 5.98. The van der Waals surface area contributed by atoms with E-state index in [-0.39, 0.29) is 23.8 Å². The predicted octanol–water partition coefficient (Wildman–Crippen LogP) is 0.912. The smallest absolute Gasteiger partial charge is 0.254 e. The van der Waals surface area contributed by atoms with Gasteiger partial charge in [-0.05, 0) is 30.3 Å². The van der Waals surface area contributed by atoms with Crippen molar-refractivity contribution < 1.29 is 14.6 Å². The summed E-state index contributed by atoms with van der Waals surface area (Å²) in [7, 11) is 0. The summed E-state index contributed by atoms with van der Waals surface area (Å²) < 4.78 is 5.86. The van der Waals surface area contributed by atoms with Gasteiger partial charge >= 0.3 is 0 Å². The van der Waals surface area contributed by atoms with Crippen LogP contribution in [0.4, 0.5) is 5.95 Å². The number of rotatable bonds is 2. The first-order valence-corrected chi connectivity index (χ1v) is 7.96. The molecule has 0 radical (unpaired) electrons. The summed E-state index contributed by atoms with van der Waals surface area (Å²) in [6.45, 7) is 2.43. The Hall–Kier alpha value is -2.67. The molecular formula is C17H18N4O3. The molecule has 2 fully saturated rings. The highest BCUT2D eigenvalue weighted by Gasteiger charge is 2.42. The van der Waals surface area contributed by atoms with Gasteiger partial charge in [-0.25, -0.2) is 9.97 Å². The summed E-state index contributed by atoms with van der Waals surface area (Å²) in [6, 6.07) is 8.17. The molecule has 0 spiro atoms. The minimum Gasteiger partial charge on any atom is -0.508 e. The number of carbonyl (C=O) groups is 1. The number of phenols is 1. The van der Waals surface area contributed by atoms with Crippen LogP contribution in [0, 0.1) is 0 Å². The Balaban J connectivity index is 1.53. The van der Waals surface area contributed by atoms with E-state index in [1.165, 1.54) is 12.1 Å². The van der Waals surface area contributed by atoms with Gasteiger partial charge in [-0.1, -0.05) is 0 Å². The third-order valence-corrected chi connectivity index (χ3v) is 4.51. The average Bonchev–Trinajstić information content (AvgIpc) is 3.06. The number of fused-ring (bicyclic) bond motifs is 1. The third kappa shape index (κ3) is 2.67. The van der Waals surface area contributed by atoms with Crippen LogP contribution in [0.1, 0.15) is 10.4 Å². The Morgan fingerprint density at radius 1 is 1.17 bits per heavy atom. The van der Waals surface area contributed by atoms with Crippen LogP contribution in [-0.4, -0.2) is 64.3 Å². The van der Waals surface area contributed by atoms with Crippen LogP contribution in [0.3, 0.4) is 0 Å². The first kappa shape index (κ1) is 14.9. The highest BCUT2D eigenvalue weighted by atomic mass is 16.5. The van der Waals surface area contributed by atoms with Crippen molar-refractivity contribution in [3.63, 3.8) is 0 Å². The standard InChI is InChI=1S/C17H18N4O3/c22-13-4-2-12(3-5-13)16(23)20-10-14-15(11-20)24-9-8-21(14)17-18-6-1-7-19-17/h1-7,14-15,22H,8-11H2/t14-,15+/m1/s1. The molecular weight excluding hydrogens is 308 g/mol. The van der Waals surface area contributed by atoms with Crippen LogP contribution < -0.4 is 4.90 Å². The lowest BCUT2D eigenvalue weighted by Crippen LogP contribution is -2.51. The highest BCUT2D eigenvalue weighted by molar-refractivity contribution is 5.94. The number of ether oxygens (including phenoxy) is 1. The van der Waals surface area contributed by atoms with Gasteiger partial charge < -0.3 is 19.6 Å². The molecule has 2 aliphatic heterocycles. The Bertz CT molecular complexity index is 722. The fraction of sp³-hybridized carbons (Fsp3) is 0.353. The van der Waals surface area contributed by atoms with Gasteiger partial charge in [0, 0.05) is 37.6 Å². The molecule has 1 aromatic carbocycles. The van der Waals surface area contributed by atoms with Crippen molar-refractivity contribution in [2.45, 2.75) is 12.1 Å². The van der Waals surface area contributed by atoms with Crippen LogP contribution in [-0.2, 0) is 4.74 Å². The number of amides is 1. The van der Waals surface area contributed by atoms with E-state index in [0.717, 1.165) is 0 Å². The van der Waals surface area contributed by atoms with Crippen molar-refractivity contribution in [3.05, 3.63) is 48.3 Å². The lowest BCUT2D eigenvalue weighted by molar-refractivity contribution is 0.0296. The summed E-state index contributed by atoms with van der Waals surface area (Å²) >= 11 is 0. The van der Waals surface area contributed by atoms with Crippen molar-refractivity contribution in [2.24, 2.45) is 0 Å². The minimum atomic E-state index is -0.0538. The zero-order chi connectivity index (χ0) is 16.5. The van der Waals surface area contributed by atoms with E-state index in [0.29, 0.717) is 37.8 Å². The van der Waals surface area contributed by atoms with E-state index in [4.69, 9.17) is 4.74 Å². The Morgan fingerprint density at radius 3 is 2.67 bits per heavy atom. The van der Waals surface area contributed by atoms with Crippen LogP contribution in [0.15, 0.2) is 42.7 Å². The van der Waals surface area contributed by atoms with Gasteiger partial charge in [0.15, 0.2) is 0 Å². The van der Waals surface area contributed by atoms with Gasteiger partial charge in [-0.3, -0.25) is 4.79 Å². The van der Waals surface area contributed by atoms with E-state index < -0.39 is 0 Å². The number of aromatic nitrogens is 2. The number of phenolic OH excluding ortho intramolecular Hbond substituents is 1. The quantitative estimate of drug-likeness (QED) is 0.884. The topological polar surface area (TPSA) is 78.8 Å². The Labute approximate surface area is 139 Å². The molecule has 2 atom stereocenters. The first-order valence-electron chi connectivity index (χ1n) is 7.96. The first-order chi connectivity index (χ1) is 11.7. The maximum atomic E-state index is 12.7. The molecule has 0 aliphatic carbocycles. The monoisotopic (exact) mass is 326 g/mol. The SMILES string of the molecule is O=C(c1ccc(O)cc1)N1C[C@@H]2OCCN(c3ncccn3)[C@@H]2C1. The predicted molar refractivity (Wildman–Crippen MR) is 86.9 cm³/mol. The van der Waals surface area contributed by atoms with E-state index in [2.05, 4.69) is 14.9 Å². The summed E-state index contributed by atoms with van der Waals surface area (Å²) in [4.78, 5) is 25.3. The fourth-order valence-electron chi connectivity index (χ4n) is 3.33. The molecule has 4 rings (SSSR count). The molecule has 7 heteroatoms. The summed E-state index contributed by atoms with van der Waals surface area (Å²) in [6.07, 6.45) is 3.41. The second-order valence-corrected chi connectivity index (χ2v) is 5.98. The zero-order valence-electron chi connectivity index (χ0n) is 13.1. The molecule has 0 unspecified atom stereocenters. The van der Waals surface area contributed by atoms with Gasteiger partial charge in [0.05, 0.1) is 18.8 Å². The minimum absolute atomic E-state index is 0.0383. The Morgan fingerprint density at radius 2 is 1.92 bits per heavy atom. The average molecular weight is 326 g/mol. The second kappa shape index (κ2) is 6.09.